The number of aryl methyl sites for hydroxylation is 1. The third-order valence-corrected chi connectivity index (χ3v) is 3.54. The lowest BCUT2D eigenvalue weighted by molar-refractivity contribution is -0.0798. The van der Waals surface area contributed by atoms with E-state index in [0.29, 0.717) is 5.56 Å². The van der Waals surface area contributed by atoms with Gasteiger partial charge in [0.1, 0.15) is 0 Å². The van der Waals surface area contributed by atoms with Crippen molar-refractivity contribution in [1.29, 1.82) is 0 Å². The minimum absolute atomic E-state index is 0.251. The predicted molar refractivity (Wildman–Crippen MR) is 69.8 cm³/mol. The van der Waals surface area contributed by atoms with Gasteiger partial charge in [0.2, 0.25) is 6.43 Å². The molecule has 0 aromatic heterocycles. The number of benzene rings is 1. The van der Waals surface area contributed by atoms with Crippen molar-refractivity contribution in [3.8, 4) is 0 Å². The summed E-state index contributed by atoms with van der Waals surface area (Å²) >= 11 is 0. The molecule has 1 rings (SSSR count). The molecule has 3 heteroatoms. The van der Waals surface area contributed by atoms with Gasteiger partial charge in [-0.25, -0.2) is 8.78 Å². The topological polar surface area (TPSA) is 20.2 Å². The maximum absolute atomic E-state index is 12.9. The number of hydrogen-bond acceptors (Lipinski definition) is 1. The summed E-state index contributed by atoms with van der Waals surface area (Å²) in [4.78, 5) is 0. The van der Waals surface area contributed by atoms with Crippen molar-refractivity contribution in [2.45, 2.75) is 52.1 Å². The van der Waals surface area contributed by atoms with Crippen LogP contribution in [0.3, 0.4) is 0 Å². The lowest BCUT2D eigenvalue weighted by Crippen LogP contribution is -2.36. The minimum atomic E-state index is -2.51. The van der Waals surface area contributed by atoms with E-state index < -0.39 is 17.9 Å². The molecule has 1 aromatic rings. The van der Waals surface area contributed by atoms with E-state index in [4.69, 9.17) is 0 Å². The van der Waals surface area contributed by atoms with E-state index in [0.717, 1.165) is 12.8 Å². The molecule has 0 amide bonds. The molecule has 0 aliphatic heterocycles. The Morgan fingerprint density at radius 2 is 1.72 bits per heavy atom. The molecular formula is C15H22F2O. The molecule has 0 saturated heterocycles. The monoisotopic (exact) mass is 256 g/mol. The van der Waals surface area contributed by atoms with E-state index in [1.54, 1.807) is 19.1 Å². The van der Waals surface area contributed by atoms with Crippen LogP contribution in [0.15, 0.2) is 24.3 Å². The predicted octanol–water partition coefficient (Wildman–Crippen LogP) is 4.14. The zero-order valence-electron chi connectivity index (χ0n) is 11.3. The molecule has 1 aromatic carbocycles. The fourth-order valence-electron chi connectivity index (χ4n) is 2.33. The molecule has 0 fully saturated rings. The van der Waals surface area contributed by atoms with Gasteiger partial charge < -0.3 is 5.11 Å². The van der Waals surface area contributed by atoms with Gasteiger partial charge in [-0.3, -0.25) is 0 Å². The highest BCUT2D eigenvalue weighted by atomic mass is 19.3. The summed E-state index contributed by atoms with van der Waals surface area (Å²) in [5, 5.41) is 10.4. The molecule has 0 aliphatic rings. The van der Waals surface area contributed by atoms with Gasteiger partial charge in [-0.1, -0.05) is 44.5 Å². The summed E-state index contributed by atoms with van der Waals surface area (Å²) in [5.41, 5.74) is 0.254. The first-order valence-corrected chi connectivity index (χ1v) is 6.53. The van der Waals surface area contributed by atoms with Gasteiger partial charge in [0.15, 0.2) is 0 Å². The molecule has 0 radical (unpaired) electrons. The largest absolute Gasteiger partial charge is 0.385 e. The fourth-order valence-corrected chi connectivity index (χ4v) is 2.33. The Hall–Kier alpha value is -0.960. The normalized spacial score (nSPS) is 16.6. The molecule has 0 aliphatic carbocycles. The van der Waals surface area contributed by atoms with E-state index in [2.05, 4.69) is 6.92 Å². The molecule has 18 heavy (non-hydrogen) atoms. The second-order valence-corrected chi connectivity index (χ2v) is 4.94. The van der Waals surface area contributed by atoms with Crippen LogP contribution in [0, 0.1) is 5.92 Å². The number of rotatable bonds is 6. The Bertz CT molecular complexity index is 357. The maximum Gasteiger partial charge on any atom is 0.244 e. The van der Waals surface area contributed by atoms with Crippen molar-refractivity contribution in [2.24, 2.45) is 5.92 Å². The van der Waals surface area contributed by atoms with E-state index in [1.807, 2.05) is 12.1 Å². The summed E-state index contributed by atoms with van der Waals surface area (Å²) in [6.45, 7) is 5.24. The fraction of sp³-hybridized carbons (Fsp3) is 0.600. The third-order valence-electron chi connectivity index (χ3n) is 3.54. The highest BCUT2D eigenvalue weighted by Crippen LogP contribution is 2.35. The number of aliphatic hydroxyl groups is 1. The molecule has 2 atom stereocenters. The SMILES string of the molecule is CCCc1ccc(C(C)(O)C(CC)C(F)F)cc1. The average molecular weight is 256 g/mol. The summed E-state index contributed by atoms with van der Waals surface area (Å²) < 4.78 is 25.8. The van der Waals surface area contributed by atoms with Crippen molar-refractivity contribution < 1.29 is 13.9 Å². The van der Waals surface area contributed by atoms with Gasteiger partial charge in [-0.05, 0) is 30.9 Å². The van der Waals surface area contributed by atoms with Crippen LogP contribution in [0.1, 0.15) is 44.7 Å². The molecule has 0 bridgehead atoms. The third kappa shape index (κ3) is 3.29. The van der Waals surface area contributed by atoms with Crippen molar-refractivity contribution in [3.63, 3.8) is 0 Å². The number of alkyl halides is 2. The Balaban J connectivity index is 2.96. The first kappa shape index (κ1) is 15.1. The first-order valence-electron chi connectivity index (χ1n) is 6.53. The van der Waals surface area contributed by atoms with Crippen LogP contribution in [0.25, 0.3) is 0 Å². The molecule has 0 heterocycles. The Morgan fingerprint density at radius 3 is 2.11 bits per heavy atom. The van der Waals surface area contributed by atoms with Crippen LogP contribution >= 0.6 is 0 Å². The minimum Gasteiger partial charge on any atom is -0.385 e. The molecule has 2 unspecified atom stereocenters. The second kappa shape index (κ2) is 6.28. The van der Waals surface area contributed by atoms with Crippen LogP contribution in [-0.4, -0.2) is 11.5 Å². The van der Waals surface area contributed by atoms with Crippen LogP contribution in [-0.2, 0) is 12.0 Å². The number of hydrogen-bond donors (Lipinski definition) is 1. The highest BCUT2D eigenvalue weighted by molar-refractivity contribution is 5.27. The van der Waals surface area contributed by atoms with E-state index in [-0.39, 0.29) is 6.42 Å². The molecule has 0 spiro atoms. The van der Waals surface area contributed by atoms with Gasteiger partial charge in [-0.2, -0.15) is 0 Å². The smallest absolute Gasteiger partial charge is 0.244 e. The summed E-state index contributed by atoms with van der Waals surface area (Å²) in [7, 11) is 0. The number of halogens is 2. The van der Waals surface area contributed by atoms with Crippen LogP contribution in [0.5, 0.6) is 0 Å². The van der Waals surface area contributed by atoms with Gasteiger partial charge in [0.05, 0.1) is 11.5 Å². The average Bonchev–Trinajstić information content (AvgIpc) is 2.30. The molecular weight excluding hydrogens is 234 g/mol. The summed E-state index contributed by atoms with van der Waals surface area (Å²) in [6.07, 6.45) is -0.249. The van der Waals surface area contributed by atoms with Crippen molar-refractivity contribution >= 4 is 0 Å². The molecule has 1 nitrogen and oxygen atoms in total. The van der Waals surface area contributed by atoms with Crippen molar-refractivity contribution in [2.75, 3.05) is 0 Å². The second-order valence-electron chi connectivity index (χ2n) is 4.94. The standard InChI is InChI=1S/C15H22F2O/c1-4-6-11-7-9-12(10-8-11)15(3,18)13(5-2)14(16)17/h7-10,13-14,18H,4-6H2,1-3H3. The lowest BCUT2D eigenvalue weighted by atomic mass is 9.81. The van der Waals surface area contributed by atoms with Crippen molar-refractivity contribution in [3.05, 3.63) is 35.4 Å². The van der Waals surface area contributed by atoms with E-state index in [1.165, 1.54) is 12.5 Å². The van der Waals surface area contributed by atoms with Crippen LogP contribution in [0.2, 0.25) is 0 Å². The quantitative estimate of drug-likeness (QED) is 0.811. The van der Waals surface area contributed by atoms with Crippen LogP contribution < -0.4 is 0 Å². The molecule has 0 saturated carbocycles. The zero-order chi connectivity index (χ0) is 13.8. The lowest BCUT2D eigenvalue weighted by Gasteiger charge is -2.32. The first-order chi connectivity index (χ1) is 8.43. The summed E-state index contributed by atoms with van der Waals surface area (Å²) in [6, 6.07) is 7.34. The van der Waals surface area contributed by atoms with Crippen LogP contribution in [0.4, 0.5) is 8.78 Å². The van der Waals surface area contributed by atoms with E-state index in [9.17, 15) is 13.9 Å². The van der Waals surface area contributed by atoms with Gasteiger partial charge in [0, 0.05) is 0 Å². The molecule has 1 N–H and O–H groups in total. The Kier molecular flexibility index (Phi) is 5.27. The van der Waals surface area contributed by atoms with E-state index >= 15 is 0 Å². The van der Waals surface area contributed by atoms with Gasteiger partial charge >= 0.3 is 0 Å². The van der Waals surface area contributed by atoms with Crippen molar-refractivity contribution in [1.82, 2.24) is 0 Å². The Labute approximate surface area is 108 Å². The summed E-state index contributed by atoms with van der Waals surface area (Å²) in [5.74, 6) is -1.03. The zero-order valence-corrected chi connectivity index (χ0v) is 11.3. The Morgan fingerprint density at radius 1 is 1.17 bits per heavy atom. The maximum atomic E-state index is 12.9. The molecule has 102 valence electrons. The van der Waals surface area contributed by atoms with Gasteiger partial charge in [0.25, 0.3) is 0 Å². The van der Waals surface area contributed by atoms with Gasteiger partial charge in [-0.15, -0.1) is 0 Å². The highest BCUT2D eigenvalue weighted by Gasteiger charge is 2.38.